The van der Waals surface area contributed by atoms with Gasteiger partial charge < -0.3 is 20.1 Å². The molecule has 1 fully saturated rings. The number of nitrogens with one attached hydrogen (secondary N) is 2. The Morgan fingerprint density at radius 2 is 1.82 bits per heavy atom. The van der Waals surface area contributed by atoms with Crippen molar-refractivity contribution in [2.24, 2.45) is 0 Å². The van der Waals surface area contributed by atoms with Crippen molar-refractivity contribution >= 4 is 23.2 Å². The van der Waals surface area contributed by atoms with E-state index in [-0.39, 0.29) is 23.8 Å². The third kappa shape index (κ3) is 3.04. The predicted molar refractivity (Wildman–Crippen MR) is 108 cm³/mol. The van der Waals surface area contributed by atoms with Gasteiger partial charge in [0.1, 0.15) is 17.4 Å². The van der Waals surface area contributed by atoms with Crippen molar-refractivity contribution in [1.29, 1.82) is 0 Å². The van der Waals surface area contributed by atoms with Gasteiger partial charge in [-0.1, -0.05) is 26.0 Å². The van der Waals surface area contributed by atoms with Gasteiger partial charge >= 0.3 is 0 Å². The van der Waals surface area contributed by atoms with Gasteiger partial charge in [0.05, 0.1) is 11.4 Å². The highest BCUT2D eigenvalue weighted by molar-refractivity contribution is 6.06. The number of rotatable bonds is 3. The molecule has 0 bridgehead atoms. The SMILES string of the molecule is CC(C)c1nccn1C(C)C(=O)N1CCC2(CC1)Nc1ccccc1NC2=O. The molecule has 1 unspecified atom stereocenters. The minimum absolute atomic E-state index is 0.0111. The van der Waals surface area contributed by atoms with Gasteiger partial charge in [0.2, 0.25) is 11.8 Å². The first-order valence-corrected chi connectivity index (χ1v) is 9.91. The first kappa shape index (κ1) is 18.5. The molecular formula is C21H27N5O2. The molecule has 1 atom stereocenters. The third-order valence-corrected chi connectivity index (χ3v) is 5.90. The summed E-state index contributed by atoms with van der Waals surface area (Å²) in [6, 6.07) is 7.42. The van der Waals surface area contributed by atoms with Crippen molar-refractivity contribution in [3.8, 4) is 0 Å². The Bertz CT molecular complexity index is 896. The zero-order valence-electron chi connectivity index (χ0n) is 16.6. The Labute approximate surface area is 165 Å². The maximum Gasteiger partial charge on any atom is 0.250 e. The van der Waals surface area contributed by atoms with E-state index in [1.165, 1.54) is 0 Å². The molecule has 28 heavy (non-hydrogen) atoms. The Hall–Kier alpha value is -2.83. The third-order valence-electron chi connectivity index (χ3n) is 5.90. The second kappa shape index (κ2) is 6.96. The molecule has 2 amide bonds. The van der Waals surface area contributed by atoms with Crippen LogP contribution in [0.2, 0.25) is 0 Å². The molecule has 2 aliphatic heterocycles. The highest BCUT2D eigenvalue weighted by Gasteiger charge is 2.45. The van der Waals surface area contributed by atoms with Crippen LogP contribution < -0.4 is 10.6 Å². The molecule has 0 radical (unpaired) electrons. The monoisotopic (exact) mass is 381 g/mol. The fourth-order valence-corrected chi connectivity index (χ4v) is 4.20. The van der Waals surface area contributed by atoms with E-state index >= 15 is 0 Å². The van der Waals surface area contributed by atoms with E-state index in [0.717, 1.165) is 17.2 Å². The molecule has 1 aromatic carbocycles. The molecule has 0 saturated carbocycles. The summed E-state index contributed by atoms with van der Waals surface area (Å²) in [4.78, 5) is 32.1. The first-order chi connectivity index (χ1) is 13.4. The van der Waals surface area contributed by atoms with Crippen LogP contribution in [0.5, 0.6) is 0 Å². The van der Waals surface area contributed by atoms with Crippen LogP contribution >= 0.6 is 0 Å². The Balaban J connectivity index is 1.46. The number of piperidine rings is 1. The van der Waals surface area contributed by atoms with Crippen LogP contribution in [-0.4, -0.2) is 44.9 Å². The molecule has 2 aliphatic rings. The fourth-order valence-electron chi connectivity index (χ4n) is 4.20. The molecule has 2 aromatic rings. The summed E-state index contributed by atoms with van der Waals surface area (Å²) in [6.07, 6.45) is 4.80. The van der Waals surface area contributed by atoms with Gasteiger partial charge in [-0.2, -0.15) is 0 Å². The normalized spacial score (nSPS) is 19.1. The maximum absolute atomic E-state index is 13.1. The molecule has 1 aromatic heterocycles. The molecular weight excluding hydrogens is 354 g/mol. The van der Waals surface area contributed by atoms with Crippen LogP contribution in [0.15, 0.2) is 36.7 Å². The van der Waals surface area contributed by atoms with Crippen molar-refractivity contribution in [2.75, 3.05) is 23.7 Å². The van der Waals surface area contributed by atoms with E-state index in [0.29, 0.717) is 25.9 Å². The number of benzene rings is 1. The molecule has 1 saturated heterocycles. The minimum Gasteiger partial charge on any atom is -0.369 e. The number of carbonyl (C=O) groups excluding carboxylic acids is 2. The summed E-state index contributed by atoms with van der Waals surface area (Å²) >= 11 is 0. The van der Waals surface area contributed by atoms with Crippen molar-refractivity contribution < 1.29 is 9.59 Å². The molecule has 0 aliphatic carbocycles. The average molecular weight is 381 g/mol. The van der Waals surface area contributed by atoms with Crippen LogP contribution in [0.4, 0.5) is 11.4 Å². The van der Waals surface area contributed by atoms with Crippen LogP contribution in [0, 0.1) is 0 Å². The number of para-hydroxylation sites is 2. The summed E-state index contributed by atoms with van der Waals surface area (Å²) in [5.41, 5.74) is 1.11. The van der Waals surface area contributed by atoms with Gasteiger partial charge in [-0.05, 0) is 31.9 Å². The first-order valence-electron chi connectivity index (χ1n) is 9.91. The number of amides is 2. The number of anilines is 2. The number of hydrogen-bond acceptors (Lipinski definition) is 4. The van der Waals surface area contributed by atoms with E-state index < -0.39 is 5.54 Å². The highest BCUT2D eigenvalue weighted by atomic mass is 16.2. The number of nitrogens with zero attached hydrogens (tertiary/aromatic N) is 3. The van der Waals surface area contributed by atoms with Gasteiger partial charge in [-0.15, -0.1) is 0 Å². The summed E-state index contributed by atoms with van der Waals surface area (Å²) in [5.74, 6) is 1.23. The molecule has 1 spiro atoms. The summed E-state index contributed by atoms with van der Waals surface area (Å²) in [7, 11) is 0. The largest absolute Gasteiger partial charge is 0.369 e. The summed E-state index contributed by atoms with van der Waals surface area (Å²) < 4.78 is 1.96. The van der Waals surface area contributed by atoms with Crippen LogP contribution in [-0.2, 0) is 9.59 Å². The number of aromatic nitrogens is 2. The topological polar surface area (TPSA) is 79.3 Å². The highest BCUT2D eigenvalue weighted by Crippen LogP contribution is 2.36. The Kier molecular flexibility index (Phi) is 4.61. The number of carbonyl (C=O) groups is 2. The lowest BCUT2D eigenvalue weighted by Crippen LogP contribution is -2.59. The van der Waals surface area contributed by atoms with Gasteiger partial charge in [0.15, 0.2) is 0 Å². The maximum atomic E-state index is 13.1. The van der Waals surface area contributed by atoms with Crippen molar-refractivity contribution in [3.05, 3.63) is 42.5 Å². The summed E-state index contributed by atoms with van der Waals surface area (Å²) in [5, 5.41) is 6.45. The number of imidazole rings is 1. The van der Waals surface area contributed by atoms with Gasteiger partial charge in [0, 0.05) is 31.4 Å². The zero-order valence-corrected chi connectivity index (χ0v) is 16.6. The van der Waals surface area contributed by atoms with Crippen molar-refractivity contribution in [1.82, 2.24) is 14.5 Å². The van der Waals surface area contributed by atoms with Gasteiger partial charge in [-0.3, -0.25) is 9.59 Å². The van der Waals surface area contributed by atoms with E-state index in [4.69, 9.17) is 0 Å². The van der Waals surface area contributed by atoms with Crippen LogP contribution in [0.25, 0.3) is 0 Å². The minimum atomic E-state index is -0.646. The number of fused-ring (bicyclic) bond motifs is 1. The van der Waals surface area contributed by atoms with Crippen LogP contribution in [0.1, 0.15) is 51.4 Å². The average Bonchev–Trinajstić information content (AvgIpc) is 3.18. The van der Waals surface area contributed by atoms with E-state index in [9.17, 15) is 9.59 Å². The second-order valence-electron chi connectivity index (χ2n) is 8.06. The summed E-state index contributed by atoms with van der Waals surface area (Å²) in [6.45, 7) is 7.18. The zero-order chi connectivity index (χ0) is 19.9. The van der Waals surface area contributed by atoms with Crippen molar-refractivity contribution in [3.63, 3.8) is 0 Å². The van der Waals surface area contributed by atoms with E-state index in [1.807, 2.05) is 46.9 Å². The molecule has 2 N–H and O–H groups in total. The number of likely N-dealkylation sites (tertiary alicyclic amines) is 1. The molecule has 3 heterocycles. The molecule has 148 valence electrons. The van der Waals surface area contributed by atoms with Crippen molar-refractivity contribution in [2.45, 2.75) is 51.1 Å². The lowest BCUT2D eigenvalue weighted by Gasteiger charge is -2.44. The smallest absolute Gasteiger partial charge is 0.250 e. The van der Waals surface area contributed by atoms with Gasteiger partial charge in [-0.25, -0.2) is 4.98 Å². The van der Waals surface area contributed by atoms with Crippen LogP contribution in [0.3, 0.4) is 0 Å². The quantitative estimate of drug-likeness (QED) is 0.857. The number of hydrogen-bond donors (Lipinski definition) is 2. The molecule has 7 heteroatoms. The van der Waals surface area contributed by atoms with Gasteiger partial charge in [0.25, 0.3) is 0 Å². The second-order valence-corrected chi connectivity index (χ2v) is 8.06. The lowest BCUT2D eigenvalue weighted by atomic mass is 9.84. The van der Waals surface area contributed by atoms with E-state index in [2.05, 4.69) is 29.5 Å². The standard InChI is InChI=1S/C21H27N5O2/c1-14(2)18-22-10-13-26(18)15(3)19(27)25-11-8-21(9-12-25)20(28)23-16-6-4-5-7-17(16)24-21/h4-7,10,13-15,24H,8-9,11-12H2,1-3H3,(H,23,28). The fraction of sp³-hybridized carbons (Fsp3) is 0.476. The Morgan fingerprint density at radius 3 is 2.50 bits per heavy atom. The Morgan fingerprint density at radius 1 is 1.14 bits per heavy atom. The lowest BCUT2D eigenvalue weighted by molar-refractivity contribution is -0.137. The molecule has 7 nitrogen and oxygen atoms in total. The van der Waals surface area contributed by atoms with E-state index in [1.54, 1.807) is 6.20 Å². The molecule has 4 rings (SSSR count). The predicted octanol–water partition coefficient (Wildman–Crippen LogP) is 2.99.